The van der Waals surface area contributed by atoms with Crippen LogP contribution in [-0.2, 0) is 13.1 Å². The van der Waals surface area contributed by atoms with Gasteiger partial charge in [0.25, 0.3) is 5.91 Å². The lowest BCUT2D eigenvalue weighted by atomic mass is 10.1. The van der Waals surface area contributed by atoms with Gasteiger partial charge in [0.15, 0.2) is 17.8 Å². The van der Waals surface area contributed by atoms with Gasteiger partial charge in [0, 0.05) is 24.5 Å². The van der Waals surface area contributed by atoms with Crippen molar-refractivity contribution in [1.29, 1.82) is 0 Å². The number of aryl methyl sites for hydroxylation is 3. The second kappa shape index (κ2) is 8.14. The number of halogens is 1. The lowest BCUT2D eigenvalue weighted by molar-refractivity contribution is 0.102. The Morgan fingerprint density at radius 2 is 2.06 bits per heavy atom. The van der Waals surface area contributed by atoms with Crippen molar-refractivity contribution in [2.75, 3.05) is 5.32 Å². The van der Waals surface area contributed by atoms with Crippen LogP contribution in [0.1, 0.15) is 16.1 Å². The summed E-state index contributed by atoms with van der Waals surface area (Å²) >= 11 is 0. The summed E-state index contributed by atoms with van der Waals surface area (Å²) in [6, 6.07) is 14.4. The molecule has 5 aromatic rings. The maximum Gasteiger partial charge on any atom is 0.278 e. The Labute approximate surface area is 183 Å². The first-order valence-electron chi connectivity index (χ1n) is 10.2. The van der Waals surface area contributed by atoms with Crippen LogP contribution in [0.3, 0.4) is 0 Å². The minimum absolute atomic E-state index is 0.212. The third kappa shape index (κ3) is 3.90. The van der Waals surface area contributed by atoms with Crippen LogP contribution in [0.25, 0.3) is 22.2 Å². The topological polar surface area (TPSA) is 77.9 Å². The van der Waals surface area contributed by atoms with Crippen molar-refractivity contribution < 1.29 is 13.6 Å². The Balaban J connectivity index is 1.27. The number of benzene rings is 2. The van der Waals surface area contributed by atoms with Crippen LogP contribution in [0.15, 0.2) is 77.9 Å². The molecule has 5 rings (SSSR count). The highest BCUT2D eigenvalue weighted by Crippen LogP contribution is 2.25. The van der Waals surface area contributed by atoms with Crippen molar-refractivity contribution in [2.45, 2.75) is 20.0 Å². The number of carbonyl (C=O) groups excluding carboxylic acids is 1. The van der Waals surface area contributed by atoms with E-state index in [-0.39, 0.29) is 17.4 Å². The Kier molecular flexibility index (Phi) is 5.03. The summed E-state index contributed by atoms with van der Waals surface area (Å²) < 4.78 is 22.7. The van der Waals surface area contributed by atoms with Gasteiger partial charge in [0.2, 0.25) is 0 Å². The Hall–Kier alpha value is -4.20. The van der Waals surface area contributed by atoms with E-state index in [9.17, 15) is 9.18 Å². The van der Waals surface area contributed by atoms with Crippen molar-refractivity contribution in [3.8, 4) is 11.3 Å². The molecule has 0 unspecified atom stereocenters. The number of anilines is 1. The monoisotopic (exact) mass is 429 g/mol. The average molecular weight is 429 g/mol. The van der Waals surface area contributed by atoms with Crippen LogP contribution in [0.4, 0.5) is 10.1 Å². The number of nitrogens with zero attached hydrogens (tertiary/aromatic N) is 4. The van der Waals surface area contributed by atoms with E-state index in [2.05, 4.69) is 15.4 Å². The van der Waals surface area contributed by atoms with Crippen molar-refractivity contribution in [3.05, 3.63) is 90.6 Å². The maximum atomic E-state index is 13.6. The molecule has 0 radical (unpaired) electrons. The van der Waals surface area contributed by atoms with Gasteiger partial charge in [-0.3, -0.25) is 9.48 Å². The predicted octanol–water partition coefficient (Wildman–Crippen LogP) is 4.89. The molecule has 1 amide bonds. The fourth-order valence-electron chi connectivity index (χ4n) is 3.70. The first kappa shape index (κ1) is 19.7. The van der Waals surface area contributed by atoms with Crippen LogP contribution in [-0.4, -0.2) is 25.2 Å². The highest BCUT2D eigenvalue weighted by atomic mass is 19.1. The van der Waals surface area contributed by atoms with Crippen LogP contribution >= 0.6 is 0 Å². The third-order valence-electron chi connectivity index (χ3n) is 5.26. The van der Waals surface area contributed by atoms with Crippen molar-refractivity contribution >= 4 is 22.5 Å². The molecule has 1 N–H and O–H groups in total. The van der Waals surface area contributed by atoms with Gasteiger partial charge in [0.1, 0.15) is 5.82 Å². The first-order chi connectivity index (χ1) is 15.6. The molecule has 0 spiro atoms. The van der Waals surface area contributed by atoms with Crippen LogP contribution in [0.5, 0.6) is 0 Å². The van der Waals surface area contributed by atoms with Gasteiger partial charge in [-0.1, -0.05) is 23.8 Å². The summed E-state index contributed by atoms with van der Waals surface area (Å²) in [6.07, 6.45) is 6.52. The summed E-state index contributed by atoms with van der Waals surface area (Å²) in [4.78, 5) is 16.9. The van der Waals surface area contributed by atoms with Crippen LogP contribution in [0.2, 0.25) is 0 Å². The molecule has 0 aliphatic carbocycles. The summed E-state index contributed by atoms with van der Waals surface area (Å²) in [7, 11) is 0. The predicted molar refractivity (Wildman–Crippen MR) is 119 cm³/mol. The molecule has 8 heteroatoms. The molecule has 0 aliphatic heterocycles. The summed E-state index contributed by atoms with van der Waals surface area (Å²) in [5.41, 5.74) is 3.45. The molecule has 3 aromatic heterocycles. The van der Waals surface area contributed by atoms with E-state index in [0.717, 1.165) is 22.0 Å². The van der Waals surface area contributed by atoms with E-state index in [0.29, 0.717) is 24.5 Å². The minimum atomic E-state index is -0.373. The number of aromatic nitrogens is 4. The van der Waals surface area contributed by atoms with Gasteiger partial charge in [0.05, 0.1) is 23.9 Å². The second-order valence-corrected chi connectivity index (χ2v) is 7.56. The zero-order chi connectivity index (χ0) is 22.1. The van der Waals surface area contributed by atoms with Gasteiger partial charge in [-0.05, 0) is 42.6 Å². The molecular weight excluding hydrogens is 409 g/mol. The maximum absolute atomic E-state index is 13.6. The number of amides is 1. The fourth-order valence-corrected chi connectivity index (χ4v) is 3.70. The number of nitrogens with one attached hydrogen (secondary N) is 1. The lowest BCUT2D eigenvalue weighted by Gasteiger charge is -2.06. The number of fused-ring (bicyclic) bond motifs is 1. The summed E-state index contributed by atoms with van der Waals surface area (Å²) in [6.45, 7) is 3.15. The van der Waals surface area contributed by atoms with E-state index in [1.807, 2.05) is 48.0 Å². The molecule has 3 heterocycles. The quantitative estimate of drug-likeness (QED) is 0.417. The first-order valence-corrected chi connectivity index (χ1v) is 10.2. The number of oxazole rings is 1. The fraction of sp³-hybridized carbons (Fsp3) is 0.125. The lowest BCUT2D eigenvalue weighted by Crippen LogP contribution is -2.13. The normalized spacial score (nSPS) is 11.2. The van der Waals surface area contributed by atoms with Gasteiger partial charge in [-0.15, -0.1) is 0 Å². The van der Waals surface area contributed by atoms with Crippen molar-refractivity contribution in [3.63, 3.8) is 0 Å². The number of carbonyl (C=O) groups is 1. The standard InChI is InChI=1S/C24H20FN5O2/c1-16-3-2-4-18(11-16)23-22(26-15-32-23)24(31)28-20-13-27-30(14-20)10-9-29-8-7-17-5-6-19(25)12-21(17)29/h2-8,11-15H,9-10H2,1H3,(H,28,31). The Bertz CT molecular complexity index is 1410. The molecule has 0 atom stereocenters. The molecule has 0 bridgehead atoms. The van der Waals surface area contributed by atoms with Gasteiger partial charge in [-0.2, -0.15) is 5.10 Å². The van der Waals surface area contributed by atoms with E-state index in [1.54, 1.807) is 23.1 Å². The van der Waals surface area contributed by atoms with Crippen molar-refractivity contribution in [2.24, 2.45) is 0 Å². The molecular formula is C24H20FN5O2. The van der Waals surface area contributed by atoms with Gasteiger partial charge in [-0.25, -0.2) is 9.37 Å². The van der Waals surface area contributed by atoms with E-state index in [4.69, 9.17) is 4.42 Å². The molecule has 0 fully saturated rings. The minimum Gasteiger partial charge on any atom is -0.443 e. The van der Waals surface area contributed by atoms with E-state index < -0.39 is 0 Å². The number of rotatable bonds is 6. The third-order valence-corrected chi connectivity index (χ3v) is 5.26. The molecule has 160 valence electrons. The van der Waals surface area contributed by atoms with Gasteiger partial charge >= 0.3 is 0 Å². The molecule has 0 saturated heterocycles. The van der Waals surface area contributed by atoms with E-state index >= 15 is 0 Å². The van der Waals surface area contributed by atoms with Crippen molar-refractivity contribution in [1.82, 2.24) is 19.3 Å². The van der Waals surface area contributed by atoms with Crippen LogP contribution < -0.4 is 5.32 Å². The summed E-state index contributed by atoms with van der Waals surface area (Å²) in [5.74, 6) is -0.216. The number of hydrogen-bond donors (Lipinski definition) is 1. The molecule has 0 aliphatic rings. The molecule has 32 heavy (non-hydrogen) atoms. The van der Waals surface area contributed by atoms with Crippen LogP contribution in [0, 0.1) is 12.7 Å². The average Bonchev–Trinajstić information content (AvgIpc) is 3.52. The SMILES string of the molecule is Cc1cccc(-c2ocnc2C(=O)Nc2cnn(CCn3ccc4ccc(F)cc43)c2)c1. The highest BCUT2D eigenvalue weighted by Gasteiger charge is 2.19. The number of hydrogen-bond acceptors (Lipinski definition) is 4. The zero-order valence-corrected chi connectivity index (χ0v) is 17.3. The zero-order valence-electron chi connectivity index (χ0n) is 17.3. The second-order valence-electron chi connectivity index (χ2n) is 7.56. The highest BCUT2D eigenvalue weighted by molar-refractivity contribution is 6.06. The van der Waals surface area contributed by atoms with Gasteiger partial charge < -0.3 is 14.3 Å². The smallest absolute Gasteiger partial charge is 0.278 e. The van der Waals surface area contributed by atoms with E-state index in [1.165, 1.54) is 18.5 Å². The molecule has 7 nitrogen and oxygen atoms in total. The Morgan fingerprint density at radius 3 is 2.94 bits per heavy atom. The molecule has 0 saturated carbocycles. The largest absolute Gasteiger partial charge is 0.443 e. The Morgan fingerprint density at radius 1 is 1.16 bits per heavy atom. The summed E-state index contributed by atoms with van der Waals surface area (Å²) in [5, 5.41) is 8.11. The molecule has 2 aromatic carbocycles.